The van der Waals surface area contributed by atoms with Gasteiger partial charge in [-0.15, -0.1) is 11.8 Å². The molecule has 102 valence electrons. The van der Waals surface area contributed by atoms with Crippen LogP contribution in [0, 0.1) is 0 Å². The number of halogens is 2. The molecule has 0 saturated carbocycles. The summed E-state index contributed by atoms with van der Waals surface area (Å²) >= 11 is 8.14. The molecule has 2 atom stereocenters. The Kier molecular flexibility index (Phi) is 4.58. The molecule has 1 aliphatic heterocycles. The third-order valence-corrected chi connectivity index (χ3v) is 5.27. The van der Waals surface area contributed by atoms with Crippen LogP contribution in [0.2, 0.25) is 0 Å². The van der Waals surface area contributed by atoms with E-state index in [-0.39, 0.29) is 11.3 Å². The van der Waals surface area contributed by atoms with E-state index >= 15 is 0 Å². The summed E-state index contributed by atoms with van der Waals surface area (Å²) in [6.07, 6.45) is 0. The zero-order chi connectivity index (χ0) is 14.2. The second-order valence-electron chi connectivity index (χ2n) is 4.12. The van der Waals surface area contributed by atoms with Crippen molar-refractivity contribution in [3.05, 3.63) is 32.7 Å². The third-order valence-electron chi connectivity index (χ3n) is 2.90. The summed E-state index contributed by atoms with van der Waals surface area (Å²) in [5, 5.41) is 9.05. The van der Waals surface area contributed by atoms with Crippen molar-refractivity contribution >= 4 is 55.5 Å². The molecule has 0 bridgehead atoms. The molecule has 7 heteroatoms. The fourth-order valence-corrected chi connectivity index (χ4v) is 4.33. The highest BCUT2D eigenvalue weighted by Crippen LogP contribution is 2.32. The first-order valence-corrected chi connectivity index (χ1v) is 8.17. The number of carboxylic acids is 1. The van der Waals surface area contributed by atoms with Gasteiger partial charge in [0.15, 0.2) is 0 Å². The minimum atomic E-state index is -0.960. The third kappa shape index (κ3) is 2.98. The fourth-order valence-electron chi connectivity index (χ4n) is 1.94. The standard InChI is InChI=1S/C12H11Br2NO3S/c1-6-15(10(5-19-6)12(17)18)11(16)8-3-2-7(13)4-9(8)14/h2-4,6,10H,5H2,1H3,(H,17,18). The molecule has 2 rings (SSSR count). The lowest BCUT2D eigenvalue weighted by Gasteiger charge is -2.25. The average Bonchev–Trinajstić information content (AvgIpc) is 2.70. The van der Waals surface area contributed by atoms with Crippen LogP contribution < -0.4 is 0 Å². The maximum atomic E-state index is 12.5. The number of thioether (sulfide) groups is 1. The summed E-state index contributed by atoms with van der Waals surface area (Å²) in [6.45, 7) is 1.85. The summed E-state index contributed by atoms with van der Waals surface area (Å²) in [5.74, 6) is -0.793. The molecule has 1 aromatic carbocycles. The molecule has 0 aromatic heterocycles. The molecule has 0 aliphatic carbocycles. The quantitative estimate of drug-likeness (QED) is 0.816. The van der Waals surface area contributed by atoms with Gasteiger partial charge in [-0.1, -0.05) is 15.9 Å². The second kappa shape index (κ2) is 5.85. The van der Waals surface area contributed by atoms with Gasteiger partial charge in [0.1, 0.15) is 6.04 Å². The van der Waals surface area contributed by atoms with Gasteiger partial charge in [-0.05, 0) is 41.1 Å². The number of carbonyl (C=O) groups excluding carboxylic acids is 1. The topological polar surface area (TPSA) is 57.6 Å². The van der Waals surface area contributed by atoms with E-state index in [1.165, 1.54) is 16.7 Å². The number of benzene rings is 1. The molecule has 1 aromatic rings. The Morgan fingerprint density at radius 3 is 2.68 bits per heavy atom. The van der Waals surface area contributed by atoms with Crippen molar-refractivity contribution in [3.63, 3.8) is 0 Å². The normalized spacial score (nSPS) is 22.6. The van der Waals surface area contributed by atoms with Crippen LogP contribution >= 0.6 is 43.6 Å². The van der Waals surface area contributed by atoms with Crippen molar-refractivity contribution in [2.75, 3.05) is 5.75 Å². The van der Waals surface area contributed by atoms with Crippen molar-refractivity contribution in [2.24, 2.45) is 0 Å². The van der Waals surface area contributed by atoms with E-state index in [0.717, 1.165) is 4.47 Å². The summed E-state index contributed by atoms with van der Waals surface area (Å²) in [5.41, 5.74) is 0.476. The molecule has 1 amide bonds. The second-order valence-corrected chi connectivity index (χ2v) is 7.24. The van der Waals surface area contributed by atoms with E-state index < -0.39 is 12.0 Å². The first kappa shape index (κ1) is 14.9. The first-order valence-electron chi connectivity index (χ1n) is 5.54. The van der Waals surface area contributed by atoms with Gasteiger partial charge in [-0.25, -0.2) is 4.79 Å². The summed E-state index contributed by atoms with van der Waals surface area (Å²) in [4.78, 5) is 25.1. The largest absolute Gasteiger partial charge is 0.480 e. The number of carboxylic acid groups (broad SMARTS) is 1. The average molecular weight is 409 g/mol. The molecular formula is C12H11Br2NO3S. The van der Waals surface area contributed by atoms with Gasteiger partial charge >= 0.3 is 5.97 Å². The Hall–Kier alpha value is -0.530. The number of nitrogens with zero attached hydrogens (tertiary/aromatic N) is 1. The van der Waals surface area contributed by atoms with E-state index in [0.29, 0.717) is 15.8 Å². The van der Waals surface area contributed by atoms with Gasteiger partial charge in [0.05, 0.1) is 10.9 Å². The zero-order valence-electron chi connectivity index (χ0n) is 9.97. The van der Waals surface area contributed by atoms with Gasteiger partial charge in [0, 0.05) is 14.7 Å². The van der Waals surface area contributed by atoms with Crippen LogP contribution in [-0.2, 0) is 4.79 Å². The van der Waals surface area contributed by atoms with Crippen LogP contribution in [-0.4, -0.2) is 39.1 Å². The molecule has 19 heavy (non-hydrogen) atoms. The molecule has 1 N–H and O–H groups in total. The van der Waals surface area contributed by atoms with Crippen LogP contribution in [0.3, 0.4) is 0 Å². The van der Waals surface area contributed by atoms with Crippen LogP contribution in [0.5, 0.6) is 0 Å². The Balaban J connectivity index is 2.34. The summed E-state index contributed by atoms with van der Waals surface area (Å²) < 4.78 is 1.51. The lowest BCUT2D eigenvalue weighted by atomic mass is 10.1. The molecule has 1 aliphatic rings. The number of hydrogen-bond acceptors (Lipinski definition) is 3. The van der Waals surface area contributed by atoms with Gasteiger partial charge < -0.3 is 10.0 Å². The molecule has 2 unspecified atom stereocenters. The highest BCUT2D eigenvalue weighted by molar-refractivity contribution is 9.11. The Morgan fingerprint density at radius 2 is 2.11 bits per heavy atom. The number of aliphatic carboxylic acids is 1. The van der Waals surface area contributed by atoms with Crippen LogP contribution in [0.4, 0.5) is 0 Å². The molecule has 0 radical (unpaired) electrons. The van der Waals surface area contributed by atoms with E-state index in [2.05, 4.69) is 31.9 Å². The number of rotatable bonds is 2. The highest BCUT2D eigenvalue weighted by atomic mass is 79.9. The Morgan fingerprint density at radius 1 is 1.42 bits per heavy atom. The SMILES string of the molecule is CC1SCC(C(=O)O)N1C(=O)c1ccc(Br)cc1Br. The minimum Gasteiger partial charge on any atom is -0.480 e. The predicted molar refractivity (Wildman–Crippen MR) is 81.4 cm³/mol. The fraction of sp³-hybridized carbons (Fsp3) is 0.333. The smallest absolute Gasteiger partial charge is 0.327 e. The van der Waals surface area contributed by atoms with E-state index in [9.17, 15) is 14.7 Å². The molecule has 4 nitrogen and oxygen atoms in total. The zero-order valence-corrected chi connectivity index (χ0v) is 14.0. The van der Waals surface area contributed by atoms with E-state index in [1.54, 1.807) is 18.2 Å². The predicted octanol–water partition coefficient (Wildman–Crippen LogP) is 3.20. The van der Waals surface area contributed by atoms with Gasteiger partial charge in [-0.3, -0.25) is 4.79 Å². The molecular weight excluding hydrogens is 398 g/mol. The van der Waals surface area contributed by atoms with E-state index in [4.69, 9.17) is 0 Å². The number of hydrogen-bond donors (Lipinski definition) is 1. The lowest BCUT2D eigenvalue weighted by Crippen LogP contribution is -2.44. The molecule has 0 spiro atoms. The lowest BCUT2D eigenvalue weighted by molar-refractivity contribution is -0.141. The monoisotopic (exact) mass is 407 g/mol. The van der Waals surface area contributed by atoms with E-state index in [1.807, 2.05) is 6.92 Å². The van der Waals surface area contributed by atoms with Crippen LogP contribution in [0.15, 0.2) is 27.1 Å². The maximum absolute atomic E-state index is 12.5. The molecule has 1 heterocycles. The van der Waals surface area contributed by atoms with Crippen molar-refractivity contribution in [1.82, 2.24) is 4.90 Å². The number of amides is 1. The molecule has 1 fully saturated rings. The van der Waals surface area contributed by atoms with Gasteiger partial charge in [0.25, 0.3) is 5.91 Å². The van der Waals surface area contributed by atoms with Crippen molar-refractivity contribution in [3.8, 4) is 0 Å². The van der Waals surface area contributed by atoms with Crippen molar-refractivity contribution in [2.45, 2.75) is 18.3 Å². The Bertz CT molecular complexity index is 538. The number of carbonyl (C=O) groups is 2. The Labute approximate surface area is 131 Å². The van der Waals surface area contributed by atoms with Crippen molar-refractivity contribution in [1.29, 1.82) is 0 Å². The van der Waals surface area contributed by atoms with Gasteiger partial charge in [-0.2, -0.15) is 0 Å². The highest BCUT2D eigenvalue weighted by Gasteiger charge is 2.40. The summed E-state index contributed by atoms with van der Waals surface area (Å²) in [6, 6.07) is 4.46. The van der Waals surface area contributed by atoms with Crippen molar-refractivity contribution < 1.29 is 14.7 Å². The van der Waals surface area contributed by atoms with Gasteiger partial charge in [0.2, 0.25) is 0 Å². The maximum Gasteiger partial charge on any atom is 0.327 e. The first-order chi connectivity index (χ1) is 8.91. The van der Waals surface area contributed by atoms with Crippen LogP contribution in [0.1, 0.15) is 17.3 Å². The van der Waals surface area contributed by atoms with Crippen LogP contribution in [0.25, 0.3) is 0 Å². The molecule has 1 saturated heterocycles. The summed E-state index contributed by atoms with van der Waals surface area (Å²) in [7, 11) is 0. The minimum absolute atomic E-state index is 0.135.